The van der Waals surface area contributed by atoms with E-state index < -0.39 is 5.82 Å². The monoisotopic (exact) mass is 329 g/mol. The van der Waals surface area contributed by atoms with Crippen LogP contribution in [-0.2, 0) is 0 Å². The number of rotatable bonds is 2. The molecule has 0 aliphatic heterocycles. The van der Waals surface area contributed by atoms with Crippen LogP contribution >= 0.6 is 27.5 Å². The summed E-state index contributed by atoms with van der Waals surface area (Å²) < 4.78 is 19.7. The van der Waals surface area contributed by atoms with Crippen LogP contribution in [0.25, 0.3) is 0 Å². The van der Waals surface area contributed by atoms with Gasteiger partial charge in [-0.1, -0.05) is 11.6 Å². The highest BCUT2D eigenvalue weighted by atomic mass is 79.9. The Balaban J connectivity index is 2.40. The van der Waals surface area contributed by atoms with Crippen molar-refractivity contribution in [1.29, 1.82) is 0 Å². The van der Waals surface area contributed by atoms with Gasteiger partial charge >= 0.3 is 0 Å². The first-order chi connectivity index (χ1) is 8.47. The van der Waals surface area contributed by atoms with Gasteiger partial charge < -0.3 is 4.74 Å². The molecule has 0 saturated carbocycles. The predicted molar refractivity (Wildman–Crippen MR) is 72.9 cm³/mol. The molecule has 0 saturated heterocycles. The maximum atomic E-state index is 13.6. The van der Waals surface area contributed by atoms with E-state index in [1.807, 2.05) is 13.8 Å². The Labute approximate surface area is 118 Å². The van der Waals surface area contributed by atoms with Crippen molar-refractivity contribution in [1.82, 2.24) is 4.98 Å². The summed E-state index contributed by atoms with van der Waals surface area (Å²) in [6.45, 7) is 3.70. The van der Waals surface area contributed by atoms with E-state index in [1.165, 1.54) is 12.3 Å². The van der Waals surface area contributed by atoms with Crippen LogP contribution in [0.5, 0.6) is 11.6 Å². The Morgan fingerprint density at radius 1 is 1.22 bits per heavy atom. The third kappa shape index (κ3) is 2.82. The summed E-state index contributed by atoms with van der Waals surface area (Å²) in [5.74, 6) is 0.0120. The molecule has 2 nitrogen and oxygen atoms in total. The summed E-state index contributed by atoms with van der Waals surface area (Å²) in [7, 11) is 0. The van der Waals surface area contributed by atoms with E-state index >= 15 is 0 Å². The smallest absolute Gasteiger partial charge is 0.255 e. The lowest BCUT2D eigenvalue weighted by molar-refractivity contribution is 0.417. The molecule has 2 aromatic rings. The Kier molecular flexibility index (Phi) is 3.88. The van der Waals surface area contributed by atoms with Gasteiger partial charge in [-0.05, 0) is 59.1 Å². The number of aromatic nitrogens is 1. The first kappa shape index (κ1) is 13.3. The number of aryl methyl sites for hydroxylation is 2. The summed E-state index contributed by atoms with van der Waals surface area (Å²) >= 11 is 9.07. The van der Waals surface area contributed by atoms with E-state index in [0.29, 0.717) is 15.2 Å². The fourth-order valence-electron chi connectivity index (χ4n) is 1.63. The van der Waals surface area contributed by atoms with Crippen molar-refractivity contribution >= 4 is 27.5 Å². The second-order valence-electron chi connectivity index (χ2n) is 3.91. The van der Waals surface area contributed by atoms with Crippen LogP contribution < -0.4 is 4.74 Å². The van der Waals surface area contributed by atoms with Crippen LogP contribution in [0.1, 0.15) is 11.1 Å². The second kappa shape index (κ2) is 5.24. The summed E-state index contributed by atoms with van der Waals surface area (Å²) in [6.07, 6.45) is 1.49. The SMILES string of the molecule is Cc1cc(Cl)cc(C)c1Oc1ncc(Br)cc1F. The molecule has 0 atom stereocenters. The highest BCUT2D eigenvalue weighted by Gasteiger charge is 2.11. The Hall–Kier alpha value is -1.13. The highest BCUT2D eigenvalue weighted by Crippen LogP contribution is 2.32. The Morgan fingerprint density at radius 3 is 2.39 bits per heavy atom. The summed E-state index contributed by atoms with van der Waals surface area (Å²) in [4.78, 5) is 3.90. The van der Waals surface area contributed by atoms with Crippen molar-refractivity contribution in [2.45, 2.75) is 13.8 Å². The molecule has 0 radical (unpaired) electrons. The first-order valence-electron chi connectivity index (χ1n) is 5.23. The topological polar surface area (TPSA) is 22.1 Å². The van der Waals surface area contributed by atoms with Crippen molar-refractivity contribution < 1.29 is 9.13 Å². The van der Waals surface area contributed by atoms with E-state index in [-0.39, 0.29) is 5.88 Å². The lowest BCUT2D eigenvalue weighted by atomic mass is 10.1. The van der Waals surface area contributed by atoms with Gasteiger partial charge in [0, 0.05) is 15.7 Å². The van der Waals surface area contributed by atoms with Crippen molar-refractivity contribution in [3.8, 4) is 11.6 Å². The fraction of sp³-hybridized carbons (Fsp3) is 0.154. The van der Waals surface area contributed by atoms with E-state index in [2.05, 4.69) is 20.9 Å². The fourth-order valence-corrected chi connectivity index (χ4v) is 2.26. The number of ether oxygens (including phenoxy) is 1. The molecule has 1 aromatic carbocycles. The molecule has 0 N–H and O–H groups in total. The number of hydrogen-bond acceptors (Lipinski definition) is 2. The summed E-state index contributed by atoms with van der Waals surface area (Å²) in [6, 6.07) is 4.84. The minimum Gasteiger partial charge on any atom is -0.436 e. The van der Waals surface area contributed by atoms with E-state index in [1.54, 1.807) is 12.1 Å². The van der Waals surface area contributed by atoms with Crippen LogP contribution in [0.3, 0.4) is 0 Å². The van der Waals surface area contributed by atoms with Gasteiger partial charge in [-0.15, -0.1) is 0 Å². The van der Waals surface area contributed by atoms with Crippen LogP contribution in [0.15, 0.2) is 28.9 Å². The molecule has 0 aliphatic carbocycles. The van der Waals surface area contributed by atoms with Crippen LogP contribution in [0, 0.1) is 19.7 Å². The number of nitrogens with zero attached hydrogens (tertiary/aromatic N) is 1. The van der Waals surface area contributed by atoms with E-state index in [4.69, 9.17) is 16.3 Å². The van der Waals surface area contributed by atoms with Crippen LogP contribution in [0.2, 0.25) is 5.02 Å². The number of pyridine rings is 1. The number of halogens is 3. The van der Waals surface area contributed by atoms with E-state index in [9.17, 15) is 4.39 Å². The predicted octanol–water partition coefficient (Wildman–Crippen LogP) is 5.05. The molecular weight excluding hydrogens is 321 g/mol. The molecule has 0 amide bonds. The van der Waals surface area contributed by atoms with Crippen molar-refractivity contribution in [2.75, 3.05) is 0 Å². The zero-order chi connectivity index (χ0) is 13.3. The molecule has 0 bridgehead atoms. The zero-order valence-electron chi connectivity index (χ0n) is 9.80. The molecule has 0 unspecified atom stereocenters. The largest absolute Gasteiger partial charge is 0.436 e. The van der Waals surface area contributed by atoms with Gasteiger partial charge in [0.05, 0.1) is 0 Å². The third-order valence-electron chi connectivity index (χ3n) is 2.40. The number of hydrogen-bond donors (Lipinski definition) is 0. The third-order valence-corrected chi connectivity index (χ3v) is 3.05. The summed E-state index contributed by atoms with van der Waals surface area (Å²) in [5.41, 5.74) is 1.67. The molecule has 1 aromatic heterocycles. The average Bonchev–Trinajstić information content (AvgIpc) is 2.25. The van der Waals surface area contributed by atoms with Gasteiger partial charge in [-0.2, -0.15) is 0 Å². The normalized spacial score (nSPS) is 10.5. The molecule has 94 valence electrons. The van der Waals surface area contributed by atoms with Crippen molar-refractivity contribution in [2.24, 2.45) is 0 Å². The first-order valence-corrected chi connectivity index (χ1v) is 6.40. The van der Waals surface area contributed by atoms with Gasteiger partial charge in [0.2, 0.25) is 0 Å². The lowest BCUT2D eigenvalue weighted by Crippen LogP contribution is -1.96. The zero-order valence-corrected chi connectivity index (χ0v) is 12.1. The second-order valence-corrected chi connectivity index (χ2v) is 5.26. The van der Waals surface area contributed by atoms with Crippen LogP contribution in [0.4, 0.5) is 4.39 Å². The van der Waals surface area contributed by atoms with Gasteiger partial charge in [0.15, 0.2) is 5.82 Å². The minimum atomic E-state index is -0.516. The van der Waals surface area contributed by atoms with Crippen LogP contribution in [-0.4, -0.2) is 4.98 Å². The molecule has 2 rings (SSSR count). The Bertz CT molecular complexity index is 581. The van der Waals surface area contributed by atoms with Gasteiger partial charge in [0.25, 0.3) is 5.88 Å². The minimum absolute atomic E-state index is 0.0493. The number of benzene rings is 1. The molecular formula is C13H10BrClFNO. The van der Waals surface area contributed by atoms with Gasteiger partial charge in [0.1, 0.15) is 5.75 Å². The highest BCUT2D eigenvalue weighted by molar-refractivity contribution is 9.10. The maximum Gasteiger partial charge on any atom is 0.255 e. The maximum absolute atomic E-state index is 13.6. The van der Waals surface area contributed by atoms with Gasteiger partial charge in [-0.25, -0.2) is 9.37 Å². The standard InChI is InChI=1S/C13H10BrClFNO/c1-7-3-10(15)4-8(2)12(7)18-13-11(16)5-9(14)6-17-13/h3-6H,1-2H3. The van der Waals surface area contributed by atoms with Crippen molar-refractivity contribution in [3.63, 3.8) is 0 Å². The lowest BCUT2D eigenvalue weighted by Gasteiger charge is -2.12. The molecule has 0 aliphatic rings. The summed E-state index contributed by atoms with van der Waals surface area (Å²) in [5, 5.41) is 0.626. The quantitative estimate of drug-likeness (QED) is 0.769. The molecule has 0 spiro atoms. The van der Waals surface area contributed by atoms with Crippen molar-refractivity contribution in [3.05, 3.63) is 50.8 Å². The Morgan fingerprint density at radius 2 is 1.83 bits per heavy atom. The molecule has 18 heavy (non-hydrogen) atoms. The average molecular weight is 331 g/mol. The van der Waals surface area contributed by atoms with E-state index in [0.717, 1.165) is 11.1 Å². The van der Waals surface area contributed by atoms with Gasteiger partial charge in [-0.3, -0.25) is 0 Å². The molecule has 5 heteroatoms. The molecule has 1 heterocycles. The molecule has 0 fully saturated rings.